The normalized spacial score (nSPS) is 19.8. The van der Waals surface area contributed by atoms with Gasteiger partial charge >= 0.3 is 0 Å². The molecule has 1 aliphatic heterocycles. The Morgan fingerprint density at radius 1 is 1.50 bits per heavy atom. The molecular weight excluding hydrogens is 209 g/mol. The molecule has 88 valence electrons. The van der Waals surface area contributed by atoms with Gasteiger partial charge in [0, 0.05) is 24.9 Å². The maximum atomic E-state index is 13.2. The van der Waals surface area contributed by atoms with Crippen molar-refractivity contribution in [3.8, 4) is 0 Å². The monoisotopic (exact) mass is 225 g/mol. The number of methoxy groups -OCH3 is 1. The largest absolute Gasteiger partial charge is 0.385 e. The predicted octanol–water partition coefficient (Wildman–Crippen LogP) is 2.69. The molecule has 2 rings (SSSR count). The third-order valence-corrected chi connectivity index (χ3v) is 2.71. The topological polar surface area (TPSA) is 30.5 Å². The molecule has 0 fully saturated rings. The second-order valence-electron chi connectivity index (χ2n) is 3.86. The number of hydrogen-bond donors (Lipinski definition) is 1. The van der Waals surface area contributed by atoms with Gasteiger partial charge in [-0.1, -0.05) is 0 Å². The van der Waals surface area contributed by atoms with Gasteiger partial charge in [0.05, 0.1) is 6.10 Å². The Labute approximate surface area is 94.6 Å². The molecule has 0 aliphatic carbocycles. The molecule has 16 heavy (non-hydrogen) atoms. The van der Waals surface area contributed by atoms with Crippen LogP contribution in [0, 0.1) is 5.82 Å². The van der Waals surface area contributed by atoms with E-state index in [1.54, 1.807) is 13.2 Å². The Bertz CT molecular complexity index is 357. The van der Waals surface area contributed by atoms with Crippen molar-refractivity contribution in [2.75, 3.05) is 25.8 Å². The van der Waals surface area contributed by atoms with E-state index in [9.17, 15) is 4.39 Å². The van der Waals surface area contributed by atoms with Crippen LogP contribution in [0.5, 0.6) is 0 Å². The Morgan fingerprint density at radius 3 is 3.19 bits per heavy atom. The molecule has 0 aromatic heterocycles. The molecule has 1 aliphatic rings. The molecule has 1 N–H and O–H groups in total. The summed E-state index contributed by atoms with van der Waals surface area (Å²) in [4.78, 5) is 0. The van der Waals surface area contributed by atoms with Crippen molar-refractivity contribution >= 4 is 5.69 Å². The van der Waals surface area contributed by atoms with Gasteiger partial charge in [0.15, 0.2) is 0 Å². The molecule has 0 spiro atoms. The minimum atomic E-state index is -0.228. The predicted molar refractivity (Wildman–Crippen MR) is 59.8 cm³/mol. The van der Waals surface area contributed by atoms with Crippen molar-refractivity contribution in [2.45, 2.75) is 18.9 Å². The number of rotatable bonds is 3. The number of hydrogen-bond acceptors (Lipinski definition) is 3. The Kier molecular flexibility index (Phi) is 3.74. The lowest BCUT2D eigenvalue weighted by molar-refractivity contribution is -0.0754. The third-order valence-electron chi connectivity index (χ3n) is 2.71. The molecular formula is C12H16FNO2. The van der Waals surface area contributed by atoms with Crippen molar-refractivity contribution in [3.05, 3.63) is 29.6 Å². The maximum absolute atomic E-state index is 13.2. The molecule has 1 aromatic carbocycles. The van der Waals surface area contributed by atoms with E-state index in [1.165, 1.54) is 12.1 Å². The fourth-order valence-electron chi connectivity index (χ4n) is 1.95. The summed E-state index contributed by atoms with van der Waals surface area (Å²) in [6, 6.07) is 4.76. The highest BCUT2D eigenvalue weighted by molar-refractivity contribution is 5.53. The first kappa shape index (κ1) is 11.4. The minimum Gasteiger partial charge on any atom is -0.385 e. The molecule has 3 nitrogen and oxygen atoms in total. The quantitative estimate of drug-likeness (QED) is 0.802. The van der Waals surface area contributed by atoms with Crippen molar-refractivity contribution in [1.29, 1.82) is 0 Å². The van der Waals surface area contributed by atoms with Crippen molar-refractivity contribution in [1.82, 2.24) is 0 Å². The molecule has 0 saturated carbocycles. The number of benzene rings is 1. The highest BCUT2D eigenvalue weighted by Gasteiger charge is 2.19. The lowest BCUT2D eigenvalue weighted by atomic mass is 10.0. The first-order valence-corrected chi connectivity index (χ1v) is 5.45. The van der Waals surface area contributed by atoms with Gasteiger partial charge in [-0.05, 0) is 31.0 Å². The van der Waals surface area contributed by atoms with E-state index < -0.39 is 0 Å². The minimum absolute atomic E-state index is 0.0827. The van der Waals surface area contributed by atoms with Crippen LogP contribution in [0.15, 0.2) is 18.2 Å². The van der Waals surface area contributed by atoms with Crippen LogP contribution < -0.4 is 5.32 Å². The summed E-state index contributed by atoms with van der Waals surface area (Å²) in [6.45, 7) is 1.13. The fourth-order valence-corrected chi connectivity index (χ4v) is 1.95. The molecule has 0 bridgehead atoms. The molecule has 1 aromatic rings. The molecule has 0 saturated heterocycles. The van der Waals surface area contributed by atoms with Crippen LogP contribution in [-0.2, 0) is 9.47 Å². The highest BCUT2D eigenvalue weighted by atomic mass is 19.1. The molecule has 4 heteroatoms. The van der Waals surface area contributed by atoms with E-state index in [-0.39, 0.29) is 18.7 Å². The highest BCUT2D eigenvalue weighted by Crippen LogP contribution is 2.32. The van der Waals surface area contributed by atoms with Gasteiger partial charge in [0.2, 0.25) is 0 Å². The van der Waals surface area contributed by atoms with Crippen LogP contribution in [0.4, 0.5) is 10.1 Å². The van der Waals surface area contributed by atoms with Crippen LogP contribution in [0.1, 0.15) is 24.5 Å². The number of halogens is 1. The van der Waals surface area contributed by atoms with E-state index in [1.807, 2.05) is 0 Å². The molecule has 1 unspecified atom stereocenters. The van der Waals surface area contributed by atoms with Crippen LogP contribution >= 0.6 is 0 Å². The van der Waals surface area contributed by atoms with Gasteiger partial charge in [-0.3, -0.25) is 0 Å². The zero-order chi connectivity index (χ0) is 11.4. The first-order chi connectivity index (χ1) is 7.81. The summed E-state index contributed by atoms with van der Waals surface area (Å²) in [6.07, 6.45) is 1.80. The fraction of sp³-hybridized carbons (Fsp3) is 0.500. The van der Waals surface area contributed by atoms with E-state index in [4.69, 9.17) is 9.47 Å². The van der Waals surface area contributed by atoms with E-state index in [0.717, 1.165) is 30.6 Å². The first-order valence-electron chi connectivity index (χ1n) is 5.45. The average molecular weight is 225 g/mol. The zero-order valence-electron chi connectivity index (χ0n) is 9.33. The summed E-state index contributed by atoms with van der Waals surface area (Å²) < 4.78 is 23.7. The van der Waals surface area contributed by atoms with Crippen LogP contribution in [0.3, 0.4) is 0 Å². The van der Waals surface area contributed by atoms with Gasteiger partial charge in [-0.15, -0.1) is 0 Å². The van der Waals surface area contributed by atoms with Gasteiger partial charge in [-0.25, -0.2) is 4.39 Å². The van der Waals surface area contributed by atoms with E-state index >= 15 is 0 Å². The number of anilines is 1. The Balaban J connectivity index is 2.24. The van der Waals surface area contributed by atoms with Crippen LogP contribution in [0.25, 0.3) is 0 Å². The van der Waals surface area contributed by atoms with Gasteiger partial charge in [0.25, 0.3) is 0 Å². The lowest BCUT2D eigenvalue weighted by Gasteiger charge is -2.17. The van der Waals surface area contributed by atoms with Crippen molar-refractivity contribution < 1.29 is 13.9 Å². The van der Waals surface area contributed by atoms with Gasteiger partial charge < -0.3 is 14.8 Å². The number of ether oxygens (including phenoxy) is 2. The zero-order valence-corrected chi connectivity index (χ0v) is 9.33. The van der Waals surface area contributed by atoms with Crippen molar-refractivity contribution in [2.24, 2.45) is 0 Å². The third kappa shape index (κ3) is 2.51. The summed E-state index contributed by atoms with van der Waals surface area (Å²) in [5.41, 5.74) is 1.84. The van der Waals surface area contributed by atoms with E-state index in [2.05, 4.69) is 5.32 Å². The molecule has 1 heterocycles. The average Bonchev–Trinajstić information content (AvgIpc) is 2.48. The summed E-state index contributed by atoms with van der Waals surface area (Å²) >= 11 is 0. The van der Waals surface area contributed by atoms with Crippen LogP contribution in [-0.4, -0.2) is 20.4 Å². The number of fused-ring (bicyclic) bond motifs is 1. The van der Waals surface area contributed by atoms with E-state index in [0.29, 0.717) is 0 Å². The summed E-state index contributed by atoms with van der Waals surface area (Å²) in [5, 5.41) is 3.27. The Morgan fingerprint density at radius 2 is 2.38 bits per heavy atom. The van der Waals surface area contributed by atoms with Gasteiger partial charge in [0.1, 0.15) is 12.6 Å². The molecule has 1 atom stereocenters. The standard InChI is InChI=1S/C12H16FNO2/c1-15-8-16-12-3-2-6-14-11-5-4-9(13)7-10(11)12/h4-5,7,12,14H,2-3,6,8H2,1H3. The smallest absolute Gasteiger partial charge is 0.147 e. The second-order valence-corrected chi connectivity index (χ2v) is 3.86. The maximum Gasteiger partial charge on any atom is 0.147 e. The lowest BCUT2D eigenvalue weighted by Crippen LogP contribution is -2.07. The summed E-state index contributed by atoms with van der Waals surface area (Å²) in [5.74, 6) is -0.228. The van der Waals surface area contributed by atoms with Crippen molar-refractivity contribution in [3.63, 3.8) is 0 Å². The number of nitrogens with one attached hydrogen (secondary N) is 1. The SMILES string of the molecule is COCOC1CCCNc2ccc(F)cc21. The van der Waals surface area contributed by atoms with Gasteiger partial charge in [-0.2, -0.15) is 0 Å². The van der Waals surface area contributed by atoms with Crippen LogP contribution in [0.2, 0.25) is 0 Å². The molecule has 0 amide bonds. The Hall–Kier alpha value is -1.13. The molecule has 0 radical (unpaired) electrons. The second kappa shape index (κ2) is 5.27. The summed E-state index contributed by atoms with van der Waals surface area (Å²) in [7, 11) is 1.58.